The maximum atomic E-state index is 12.9. The Balaban J connectivity index is 1.84. The van der Waals surface area contributed by atoms with Crippen LogP contribution in [0, 0.1) is 0 Å². The van der Waals surface area contributed by atoms with Gasteiger partial charge in [0.15, 0.2) is 0 Å². The lowest BCUT2D eigenvalue weighted by molar-refractivity contribution is -0.137. The second-order valence-electron chi connectivity index (χ2n) is 7.84. The van der Waals surface area contributed by atoms with E-state index in [4.69, 9.17) is 4.74 Å². The predicted molar refractivity (Wildman–Crippen MR) is 126 cm³/mol. The summed E-state index contributed by atoms with van der Waals surface area (Å²) in [5.74, 6) is 0.763. The SMILES string of the molecule is C=C(NC)[C@H](NC(CCc1ccc(C(F)(F)F)cc1)c1ccc(OC)cc1)c1ccccc1. The highest BCUT2D eigenvalue weighted by Gasteiger charge is 2.30. The maximum Gasteiger partial charge on any atom is 0.416 e. The van der Waals surface area contributed by atoms with E-state index in [2.05, 4.69) is 17.2 Å². The van der Waals surface area contributed by atoms with Gasteiger partial charge in [-0.25, -0.2) is 0 Å². The third-order valence-electron chi connectivity index (χ3n) is 5.69. The molecule has 2 N–H and O–H groups in total. The van der Waals surface area contributed by atoms with Gasteiger partial charge in [0, 0.05) is 18.8 Å². The van der Waals surface area contributed by atoms with Crippen molar-refractivity contribution < 1.29 is 17.9 Å². The molecule has 0 aromatic heterocycles. The van der Waals surface area contributed by atoms with E-state index in [-0.39, 0.29) is 12.1 Å². The van der Waals surface area contributed by atoms with Gasteiger partial charge in [-0.05, 0) is 53.8 Å². The summed E-state index contributed by atoms with van der Waals surface area (Å²) in [4.78, 5) is 0. The van der Waals surface area contributed by atoms with E-state index in [1.165, 1.54) is 0 Å². The number of aryl methyl sites for hydroxylation is 1. The maximum absolute atomic E-state index is 12.9. The molecule has 0 saturated carbocycles. The molecule has 3 nitrogen and oxygen atoms in total. The summed E-state index contributed by atoms with van der Waals surface area (Å²) >= 11 is 0. The average molecular weight is 455 g/mol. The Morgan fingerprint density at radius 2 is 1.55 bits per heavy atom. The van der Waals surface area contributed by atoms with Gasteiger partial charge in [-0.3, -0.25) is 5.32 Å². The lowest BCUT2D eigenvalue weighted by Gasteiger charge is -2.28. The van der Waals surface area contributed by atoms with Crippen LogP contribution in [0.15, 0.2) is 91.1 Å². The highest BCUT2D eigenvalue weighted by molar-refractivity contribution is 5.32. The summed E-state index contributed by atoms with van der Waals surface area (Å²) in [5.41, 5.74) is 3.18. The van der Waals surface area contributed by atoms with Crippen LogP contribution in [0.5, 0.6) is 5.75 Å². The summed E-state index contributed by atoms with van der Waals surface area (Å²) in [7, 11) is 3.46. The highest BCUT2D eigenvalue weighted by atomic mass is 19.4. The molecule has 0 amide bonds. The molecule has 3 aromatic carbocycles. The fourth-order valence-electron chi connectivity index (χ4n) is 3.74. The molecule has 3 rings (SSSR count). The first-order valence-electron chi connectivity index (χ1n) is 10.8. The van der Waals surface area contributed by atoms with Crippen molar-refractivity contribution in [2.75, 3.05) is 14.2 Å². The number of rotatable bonds is 10. The lowest BCUT2D eigenvalue weighted by Crippen LogP contribution is -2.31. The van der Waals surface area contributed by atoms with Crippen LogP contribution >= 0.6 is 0 Å². The van der Waals surface area contributed by atoms with Crippen LogP contribution in [-0.2, 0) is 12.6 Å². The second kappa shape index (κ2) is 11.1. The monoisotopic (exact) mass is 454 g/mol. The molecule has 174 valence electrons. The smallest absolute Gasteiger partial charge is 0.416 e. The number of hydrogen-bond donors (Lipinski definition) is 2. The summed E-state index contributed by atoms with van der Waals surface area (Å²) in [6, 6.07) is 23.0. The van der Waals surface area contributed by atoms with Gasteiger partial charge in [-0.2, -0.15) is 13.2 Å². The van der Waals surface area contributed by atoms with Crippen molar-refractivity contribution in [3.63, 3.8) is 0 Å². The van der Waals surface area contributed by atoms with Crippen LogP contribution in [0.4, 0.5) is 13.2 Å². The zero-order chi connectivity index (χ0) is 23.8. The molecule has 0 radical (unpaired) electrons. The van der Waals surface area contributed by atoms with Gasteiger partial charge in [-0.1, -0.05) is 61.2 Å². The van der Waals surface area contributed by atoms with Crippen molar-refractivity contribution in [3.05, 3.63) is 113 Å². The van der Waals surface area contributed by atoms with Crippen LogP contribution < -0.4 is 15.4 Å². The predicted octanol–water partition coefficient (Wildman–Crippen LogP) is 6.45. The number of likely N-dealkylation sites (N-methyl/N-ethyl adjacent to an activating group) is 1. The fourth-order valence-corrected chi connectivity index (χ4v) is 3.74. The molecule has 33 heavy (non-hydrogen) atoms. The number of alkyl halides is 3. The standard InChI is InChI=1S/C27H29F3N2O/c1-19(31-2)26(22-7-5-4-6-8-22)32-25(21-12-16-24(33-3)17-13-21)18-11-20-9-14-23(15-10-20)27(28,29)30/h4-10,12-17,25-26,31-32H,1,11,18H2,2-3H3/t25?,26-/m0/s1. The lowest BCUT2D eigenvalue weighted by atomic mass is 9.95. The molecule has 0 bridgehead atoms. The number of methoxy groups -OCH3 is 1. The molecule has 0 heterocycles. The first-order chi connectivity index (χ1) is 15.8. The molecule has 0 saturated heterocycles. The van der Waals surface area contributed by atoms with Gasteiger partial charge in [0.2, 0.25) is 0 Å². The van der Waals surface area contributed by atoms with Crippen LogP contribution in [0.2, 0.25) is 0 Å². The number of nitrogens with one attached hydrogen (secondary N) is 2. The van der Waals surface area contributed by atoms with Gasteiger partial charge >= 0.3 is 6.18 Å². The topological polar surface area (TPSA) is 33.3 Å². The molecule has 6 heteroatoms. The Kier molecular flexibility index (Phi) is 8.17. The highest BCUT2D eigenvalue weighted by Crippen LogP contribution is 2.31. The van der Waals surface area contributed by atoms with Crippen molar-refractivity contribution in [3.8, 4) is 5.75 Å². The minimum Gasteiger partial charge on any atom is -0.497 e. The minimum atomic E-state index is -4.33. The van der Waals surface area contributed by atoms with Crippen LogP contribution in [-0.4, -0.2) is 14.2 Å². The first kappa shape index (κ1) is 24.4. The molecule has 2 atom stereocenters. The summed E-state index contributed by atoms with van der Waals surface area (Å²) < 4.78 is 44.0. The van der Waals surface area contributed by atoms with Crippen molar-refractivity contribution >= 4 is 0 Å². The Morgan fingerprint density at radius 3 is 2.09 bits per heavy atom. The van der Waals surface area contributed by atoms with E-state index in [0.29, 0.717) is 12.8 Å². The second-order valence-corrected chi connectivity index (χ2v) is 7.84. The number of halogens is 3. The van der Waals surface area contributed by atoms with Gasteiger partial charge in [0.25, 0.3) is 0 Å². The van der Waals surface area contributed by atoms with Crippen molar-refractivity contribution in [2.24, 2.45) is 0 Å². The van der Waals surface area contributed by atoms with Crippen LogP contribution in [0.25, 0.3) is 0 Å². The number of hydrogen-bond acceptors (Lipinski definition) is 3. The van der Waals surface area contributed by atoms with E-state index < -0.39 is 11.7 Å². The minimum absolute atomic E-state index is 0.0616. The largest absolute Gasteiger partial charge is 0.497 e. The normalized spacial score (nSPS) is 13.2. The summed E-state index contributed by atoms with van der Waals surface area (Å²) in [6.07, 6.45) is -3.02. The Hall–Kier alpha value is -3.25. The Labute approximate surface area is 193 Å². The Bertz CT molecular complexity index is 1020. The molecular weight excluding hydrogens is 425 g/mol. The van der Waals surface area contributed by atoms with Crippen LogP contribution in [0.3, 0.4) is 0 Å². The molecule has 0 fully saturated rings. The molecule has 0 spiro atoms. The van der Waals surface area contributed by atoms with E-state index in [0.717, 1.165) is 40.3 Å². The summed E-state index contributed by atoms with van der Waals surface area (Å²) in [6.45, 7) is 4.17. The molecular formula is C27H29F3N2O. The van der Waals surface area contributed by atoms with Crippen molar-refractivity contribution in [1.29, 1.82) is 0 Å². The molecule has 0 aliphatic carbocycles. The third kappa shape index (κ3) is 6.62. The third-order valence-corrected chi connectivity index (χ3v) is 5.69. The van der Waals surface area contributed by atoms with E-state index >= 15 is 0 Å². The van der Waals surface area contributed by atoms with Crippen LogP contribution in [0.1, 0.15) is 40.8 Å². The molecule has 3 aromatic rings. The molecule has 0 aliphatic rings. The zero-order valence-electron chi connectivity index (χ0n) is 18.8. The van der Waals surface area contributed by atoms with Gasteiger partial charge in [-0.15, -0.1) is 0 Å². The van der Waals surface area contributed by atoms with Gasteiger partial charge in [0.05, 0.1) is 18.7 Å². The fraction of sp³-hybridized carbons (Fsp3) is 0.259. The molecule has 0 aliphatic heterocycles. The zero-order valence-corrected chi connectivity index (χ0v) is 18.8. The van der Waals surface area contributed by atoms with Gasteiger partial charge < -0.3 is 10.1 Å². The Morgan fingerprint density at radius 1 is 0.909 bits per heavy atom. The van der Waals surface area contributed by atoms with Crippen molar-refractivity contribution in [2.45, 2.75) is 31.1 Å². The van der Waals surface area contributed by atoms with Crippen molar-refractivity contribution in [1.82, 2.24) is 10.6 Å². The number of benzene rings is 3. The first-order valence-corrected chi connectivity index (χ1v) is 10.8. The van der Waals surface area contributed by atoms with E-state index in [1.54, 1.807) is 19.2 Å². The number of ether oxygens (including phenoxy) is 1. The molecule has 1 unspecified atom stereocenters. The van der Waals surface area contributed by atoms with E-state index in [9.17, 15) is 13.2 Å². The summed E-state index contributed by atoms with van der Waals surface area (Å²) in [5, 5.41) is 6.85. The van der Waals surface area contributed by atoms with Gasteiger partial charge in [0.1, 0.15) is 5.75 Å². The average Bonchev–Trinajstić information content (AvgIpc) is 2.84. The van der Waals surface area contributed by atoms with E-state index in [1.807, 2.05) is 61.6 Å². The quantitative estimate of drug-likeness (QED) is 0.369.